The van der Waals surface area contributed by atoms with Crippen molar-refractivity contribution in [1.82, 2.24) is 30.7 Å². The number of nitrogen functional groups attached to an aromatic ring is 1. The molecule has 3 N–H and O–H groups in total. The van der Waals surface area contributed by atoms with Crippen molar-refractivity contribution in [3.63, 3.8) is 0 Å². The molecule has 13 heteroatoms. The van der Waals surface area contributed by atoms with Gasteiger partial charge in [-0.1, -0.05) is 17.3 Å². The second-order valence-corrected chi connectivity index (χ2v) is 5.74. The lowest BCUT2D eigenvalue weighted by Crippen LogP contribution is -2.21. The minimum atomic E-state index is -0.504. The molecular formula is C15H15N9O4. The molecule has 13 nitrogen and oxygen atoms in total. The Labute approximate surface area is 157 Å². The second kappa shape index (κ2) is 7.61. The Kier molecular flexibility index (Phi) is 5.06. The first-order valence-electron chi connectivity index (χ1n) is 7.94. The van der Waals surface area contributed by atoms with Crippen LogP contribution in [-0.4, -0.2) is 41.8 Å². The lowest BCUT2D eigenvalue weighted by atomic mass is 10.1. The smallest absolute Gasteiger partial charge is 0.269 e. The molecular weight excluding hydrogens is 370 g/mol. The quantitative estimate of drug-likeness (QED) is 0.347. The van der Waals surface area contributed by atoms with Crippen molar-refractivity contribution in [2.75, 3.05) is 5.73 Å². The van der Waals surface area contributed by atoms with Crippen LogP contribution in [0.3, 0.4) is 0 Å². The van der Waals surface area contributed by atoms with Crippen LogP contribution in [0.1, 0.15) is 23.9 Å². The highest BCUT2D eigenvalue weighted by atomic mass is 16.6. The summed E-state index contributed by atoms with van der Waals surface area (Å²) in [4.78, 5) is 22.2. The molecule has 0 aliphatic rings. The number of benzene rings is 1. The Morgan fingerprint density at radius 3 is 2.68 bits per heavy atom. The van der Waals surface area contributed by atoms with Crippen LogP contribution in [0.4, 0.5) is 11.5 Å². The van der Waals surface area contributed by atoms with Crippen molar-refractivity contribution < 1.29 is 14.3 Å². The van der Waals surface area contributed by atoms with Crippen LogP contribution < -0.4 is 11.2 Å². The van der Waals surface area contributed by atoms with Crippen molar-refractivity contribution >= 4 is 23.1 Å². The summed E-state index contributed by atoms with van der Waals surface area (Å²) in [6.45, 7) is 3.37. The van der Waals surface area contributed by atoms with Crippen LogP contribution in [0, 0.1) is 17.0 Å². The normalized spacial score (nSPS) is 11.4. The van der Waals surface area contributed by atoms with Crippen LogP contribution in [0.2, 0.25) is 0 Å². The number of hydrogen-bond acceptors (Lipinski definition) is 10. The Morgan fingerprint density at radius 1 is 1.36 bits per heavy atom. The maximum Gasteiger partial charge on any atom is 0.269 e. The highest BCUT2D eigenvalue weighted by Gasteiger charge is 2.18. The van der Waals surface area contributed by atoms with E-state index in [9.17, 15) is 14.9 Å². The number of carbonyl (C=O) groups excluding carboxylic acids is 1. The largest absolute Gasteiger partial charge is 0.378 e. The number of amides is 1. The minimum Gasteiger partial charge on any atom is -0.378 e. The number of nitrogens with two attached hydrogens (primary N) is 1. The molecule has 1 aromatic carbocycles. The van der Waals surface area contributed by atoms with Crippen LogP contribution in [0.15, 0.2) is 34.0 Å². The molecule has 0 saturated carbocycles. The lowest BCUT2D eigenvalue weighted by Gasteiger charge is -2.03. The average Bonchev–Trinajstić information content (AvgIpc) is 3.25. The van der Waals surface area contributed by atoms with E-state index in [0.717, 1.165) is 0 Å². The first-order chi connectivity index (χ1) is 13.4. The van der Waals surface area contributed by atoms with Gasteiger partial charge in [0.1, 0.15) is 5.69 Å². The predicted octanol–water partition coefficient (Wildman–Crippen LogP) is 0.532. The third kappa shape index (κ3) is 3.82. The van der Waals surface area contributed by atoms with E-state index in [0.29, 0.717) is 22.7 Å². The maximum absolute atomic E-state index is 12.0. The van der Waals surface area contributed by atoms with E-state index < -0.39 is 4.92 Å². The molecule has 0 atom stereocenters. The summed E-state index contributed by atoms with van der Waals surface area (Å²) in [5.74, 6) is -0.125. The van der Waals surface area contributed by atoms with Gasteiger partial charge in [-0.25, -0.2) is 10.1 Å². The SMILES string of the molecule is CC(=NNC(=O)Cc1ccc([N+](=O)[O-])cc1)c1nnn(-c2nonc2N)c1C. The van der Waals surface area contributed by atoms with Gasteiger partial charge in [0.25, 0.3) is 5.69 Å². The Balaban J connectivity index is 1.67. The summed E-state index contributed by atoms with van der Waals surface area (Å²) in [6.07, 6.45) is 0.0155. The van der Waals surface area contributed by atoms with Gasteiger partial charge in [0.15, 0.2) is 0 Å². The summed E-state index contributed by atoms with van der Waals surface area (Å²) >= 11 is 0. The summed E-state index contributed by atoms with van der Waals surface area (Å²) in [6, 6.07) is 5.70. The van der Waals surface area contributed by atoms with E-state index in [1.807, 2.05) is 0 Å². The number of nitro groups is 1. The number of nitrogens with one attached hydrogen (secondary N) is 1. The Hall–Kier alpha value is -4.16. The summed E-state index contributed by atoms with van der Waals surface area (Å²) in [5.41, 5.74) is 10.1. The highest BCUT2D eigenvalue weighted by Crippen LogP contribution is 2.15. The zero-order chi connectivity index (χ0) is 20.3. The molecule has 0 radical (unpaired) electrons. The molecule has 3 rings (SSSR count). The average molecular weight is 385 g/mol. The van der Waals surface area contributed by atoms with E-state index in [1.165, 1.54) is 28.9 Å². The first kappa shape index (κ1) is 18.6. The number of carbonyl (C=O) groups is 1. The fourth-order valence-electron chi connectivity index (χ4n) is 2.36. The minimum absolute atomic E-state index is 0.0155. The highest BCUT2D eigenvalue weighted by molar-refractivity contribution is 5.98. The van der Waals surface area contributed by atoms with Crippen LogP contribution in [0.25, 0.3) is 5.82 Å². The van der Waals surface area contributed by atoms with E-state index in [1.54, 1.807) is 13.8 Å². The zero-order valence-electron chi connectivity index (χ0n) is 14.9. The van der Waals surface area contributed by atoms with E-state index in [-0.39, 0.29) is 29.7 Å². The van der Waals surface area contributed by atoms with Crippen molar-refractivity contribution in [3.8, 4) is 5.82 Å². The summed E-state index contributed by atoms with van der Waals surface area (Å²) < 4.78 is 5.89. The van der Waals surface area contributed by atoms with Crippen LogP contribution in [-0.2, 0) is 11.2 Å². The van der Waals surface area contributed by atoms with E-state index >= 15 is 0 Å². The van der Waals surface area contributed by atoms with Crippen LogP contribution in [0.5, 0.6) is 0 Å². The Bertz CT molecular complexity index is 1050. The van der Waals surface area contributed by atoms with Crippen LogP contribution >= 0.6 is 0 Å². The molecule has 144 valence electrons. The number of nitrogens with zero attached hydrogens (tertiary/aromatic N) is 7. The molecule has 3 aromatic rings. The molecule has 0 spiro atoms. The number of non-ortho nitro benzene ring substituents is 1. The van der Waals surface area contributed by atoms with Crippen molar-refractivity contribution in [1.29, 1.82) is 0 Å². The summed E-state index contributed by atoms with van der Waals surface area (Å²) in [7, 11) is 0. The van der Waals surface area contributed by atoms with E-state index in [2.05, 4.69) is 35.8 Å². The second-order valence-electron chi connectivity index (χ2n) is 5.74. The fourth-order valence-corrected chi connectivity index (χ4v) is 2.36. The molecule has 0 aliphatic heterocycles. The number of aromatic nitrogens is 5. The maximum atomic E-state index is 12.0. The van der Waals surface area contributed by atoms with Gasteiger partial charge >= 0.3 is 0 Å². The van der Waals surface area contributed by atoms with Crippen molar-refractivity contribution in [2.45, 2.75) is 20.3 Å². The summed E-state index contributed by atoms with van der Waals surface area (Å²) in [5, 5.41) is 29.7. The van der Waals surface area contributed by atoms with Gasteiger partial charge in [-0.3, -0.25) is 14.9 Å². The molecule has 0 bridgehead atoms. The van der Waals surface area contributed by atoms with Gasteiger partial charge in [0.2, 0.25) is 17.5 Å². The first-order valence-corrected chi connectivity index (χ1v) is 7.94. The molecule has 2 aromatic heterocycles. The zero-order valence-corrected chi connectivity index (χ0v) is 14.9. The third-order valence-corrected chi connectivity index (χ3v) is 3.79. The van der Waals surface area contributed by atoms with Gasteiger partial charge in [-0.15, -0.1) is 5.10 Å². The molecule has 2 heterocycles. The molecule has 0 saturated heterocycles. The topological polar surface area (TPSA) is 180 Å². The van der Waals surface area contributed by atoms with Gasteiger partial charge in [-0.2, -0.15) is 9.78 Å². The monoisotopic (exact) mass is 385 g/mol. The third-order valence-electron chi connectivity index (χ3n) is 3.79. The van der Waals surface area contributed by atoms with Gasteiger partial charge in [-0.05, 0) is 29.7 Å². The molecule has 0 fully saturated rings. The number of rotatable bonds is 6. The number of hydrazone groups is 1. The number of hydrogen-bond donors (Lipinski definition) is 2. The fraction of sp³-hybridized carbons (Fsp3) is 0.200. The molecule has 1 amide bonds. The number of anilines is 1. The predicted molar refractivity (Wildman–Crippen MR) is 95.5 cm³/mol. The van der Waals surface area contributed by atoms with Gasteiger partial charge < -0.3 is 5.73 Å². The van der Waals surface area contributed by atoms with Gasteiger partial charge in [0, 0.05) is 12.1 Å². The van der Waals surface area contributed by atoms with Crippen molar-refractivity contribution in [3.05, 3.63) is 51.3 Å². The molecule has 0 unspecified atom stereocenters. The van der Waals surface area contributed by atoms with Crippen molar-refractivity contribution in [2.24, 2.45) is 5.10 Å². The van der Waals surface area contributed by atoms with E-state index in [4.69, 9.17) is 5.73 Å². The lowest BCUT2D eigenvalue weighted by molar-refractivity contribution is -0.384. The van der Waals surface area contributed by atoms with Gasteiger partial charge in [0.05, 0.1) is 22.7 Å². The molecule has 0 aliphatic carbocycles. The number of nitro benzene ring substituents is 1. The Morgan fingerprint density at radius 2 is 2.07 bits per heavy atom. The standard InChI is InChI=1S/C15H15N9O4/c1-8(13-9(2)23(22-19-13)15-14(16)20-28-21-15)17-18-12(25)7-10-3-5-11(6-4-10)24(26)27/h3-6H,7H2,1-2H3,(H2,16,20)(H,18,25). The molecule has 28 heavy (non-hydrogen) atoms.